The van der Waals surface area contributed by atoms with Gasteiger partial charge in [0.25, 0.3) is 0 Å². The molecule has 2 rings (SSSR count). The predicted octanol–water partition coefficient (Wildman–Crippen LogP) is 3.65. The van der Waals surface area contributed by atoms with Gasteiger partial charge in [-0.05, 0) is 31.4 Å². The number of thioether (sulfide) groups is 1. The Bertz CT molecular complexity index is 416. The van der Waals surface area contributed by atoms with Crippen LogP contribution in [0.5, 0.6) is 0 Å². The van der Waals surface area contributed by atoms with Gasteiger partial charge in [-0.15, -0.1) is 0 Å². The van der Waals surface area contributed by atoms with Crippen LogP contribution in [-0.4, -0.2) is 35.9 Å². The van der Waals surface area contributed by atoms with E-state index in [-0.39, 0.29) is 0 Å². The molecular weight excluding hydrogens is 268 g/mol. The lowest BCUT2D eigenvalue weighted by atomic mass is 9.94. The molecule has 5 heteroatoms. The molecule has 112 valence electrons. The molecule has 0 saturated carbocycles. The fourth-order valence-corrected chi connectivity index (χ4v) is 2.95. The number of hydrogen-bond acceptors (Lipinski definition) is 5. The van der Waals surface area contributed by atoms with Gasteiger partial charge < -0.3 is 10.2 Å². The van der Waals surface area contributed by atoms with E-state index in [1.165, 1.54) is 19.3 Å². The summed E-state index contributed by atoms with van der Waals surface area (Å²) in [5.74, 6) is 2.93. The number of piperidine rings is 1. The summed E-state index contributed by atoms with van der Waals surface area (Å²) in [7, 11) is 0. The smallest absolute Gasteiger partial charge is 0.191 e. The van der Waals surface area contributed by atoms with Crippen LogP contribution in [0.3, 0.4) is 0 Å². The van der Waals surface area contributed by atoms with Crippen molar-refractivity contribution in [2.24, 2.45) is 5.92 Å². The first-order valence-corrected chi connectivity index (χ1v) is 8.91. The van der Waals surface area contributed by atoms with Crippen LogP contribution in [0.4, 0.5) is 11.6 Å². The van der Waals surface area contributed by atoms with Gasteiger partial charge in [-0.3, -0.25) is 0 Å². The maximum atomic E-state index is 4.67. The van der Waals surface area contributed by atoms with Crippen molar-refractivity contribution in [3.05, 3.63) is 6.07 Å². The van der Waals surface area contributed by atoms with Gasteiger partial charge in [0.05, 0.1) is 0 Å². The van der Waals surface area contributed by atoms with E-state index in [0.717, 1.165) is 48.8 Å². The Morgan fingerprint density at radius 1 is 1.30 bits per heavy atom. The first-order chi connectivity index (χ1) is 9.76. The highest BCUT2D eigenvalue weighted by Gasteiger charge is 2.19. The maximum absolute atomic E-state index is 4.67. The zero-order valence-electron chi connectivity index (χ0n) is 12.9. The second-order valence-electron chi connectivity index (χ2n) is 5.36. The molecule has 1 fully saturated rings. The minimum Gasteiger partial charge on any atom is -0.370 e. The third kappa shape index (κ3) is 4.01. The van der Waals surface area contributed by atoms with Crippen molar-refractivity contribution in [3.8, 4) is 0 Å². The third-order valence-corrected chi connectivity index (χ3v) is 4.49. The monoisotopic (exact) mass is 294 g/mol. The maximum Gasteiger partial charge on any atom is 0.191 e. The zero-order chi connectivity index (χ0) is 14.4. The summed E-state index contributed by atoms with van der Waals surface area (Å²) >= 11 is 1.61. The van der Waals surface area contributed by atoms with Crippen LogP contribution in [-0.2, 0) is 0 Å². The van der Waals surface area contributed by atoms with Gasteiger partial charge in [-0.2, -0.15) is 0 Å². The molecule has 0 amide bonds. The second kappa shape index (κ2) is 7.72. The van der Waals surface area contributed by atoms with E-state index in [1.807, 2.05) is 6.26 Å². The summed E-state index contributed by atoms with van der Waals surface area (Å²) in [6.07, 6.45) is 7.01. The molecule has 1 N–H and O–H groups in total. The molecule has 0 aromatic carbocycles. The molecule has 1 aliphatic rings. The molecule has 4 nitrogen and oxygen atoms in total. The molecule has 1 aromatic rings. The number of nitrogens with one attached hydrogen (secondary N) is 1. The number of hydrogen-bond donors (Lipinski definition) is 1. The van der Waals surface area contributed by atoms with Crippen molar-refractivity contribution in [2.45, 2.75) is 44.7 Å². The van der Waals surface area contributed by atoms with Gasteiger partial charge in [0.15, 0.2) is 5.16 Å². The molecule has 0 aliphatic carbocycles. The van der Waals surface area contributed by atoms with E-state index in [2.05, 4.69) is 40.1 Å². The number of nitrogens with zero attached hydrogens (tertiary/aromatic N) is 3. The Balaban J connectivity index is 2.10. The molecule has 1 saturated heterocycles. The van der Waals surface area contributed by atoms with Crippen LogP contribution in [0, 0.1) is 5.92 Å². The zero-order valence-corrected chi connectivity index (χ0v) is 13.7. The van der Waals surface area contributed by atoms with Crippen molar-refractivity contribution >= 4 is 23.4 Å². The fraction of sp³-hybridized carbons (Fsp3) is 0.733. The minimum absolute atomic E-state index is 0.860. The van der Waals surface area contributed by atoms with E-state index in [9.17, 15) is 0 Å². The average molecular weight is 294 g/mol. The summed E-state index contributed by atoms with van der Waals surface area (Å²) in [5.41, 5.74) is 0. The molecule has 1 aromatic heterocycles. The standard InChI is InChI=1S/C15H26N4S/c1-4-8-16-13-11-14(18-15(17-13)20-3)19-9-6-12(5-2)7-10-19/h11-12H,4-10H2,1-3H3,(H,16,17,18). The lowest BCUT2D eigenvalue weighted by molar-refractivity contribution is 0.393. The van der Waals surface area contributed by atoms with Crippen molar-refractivity contribution in [2.75, 3.05) is 36.1 Å². The van der Waals surface area contributed by atoms with Crippen LogP contribution >= 0.6 is 11.8 Å². The number of rotatable bonds is 6. The summed E-state index contributed by atoms with van der Waals surface area (Å²) in [5, 5.41) is 4.24. The van der Waals surface area contributed by atoms with Crippen molar-refractivity contribution in [1.82, 2.24) is 9.97 Å². The van der Waals surface area contributed by atoms with Gasteiger partial charge in [-0.1, -0.05) is 32.0 Å². The van der Waals surface area contributed by atoms with Crippen LogP contribution in [0.2, 0.25) is 0 Å². The molecule has 1 aliphatic heterocycles. The third-order valence-electron chi connectivity index (χ3n) is 3.95. The van der Waals surface area contributed by atoms with Crippen LogP contribution in [0.15, 0.2) is 11.2 Å². The van der Waals surface area contributed by atoms with E-state index < -0.39 is 0 Å². The van der Waals surface area contributed by atoms with Gasteiger partial charge in [-0.25, -0.2) is 9.97 Å². The lowest BCUT2D eigenvalue weighted by Crippen LogP contribution is -2.34. The van der Waals surface area contributed by atoms with E-state index in [0.29, 0.717) is 0 Å². The van der Waals surface area contributed by atoms with Gasteiger partial charge >= 0.3 is 0 Å². The SMILES string of the molecule is CCCNc1cc(N2CCC(CC)CC2)nc(SC)n1. The Morgan fingerprint density at radius 2 is 2.05 bits per heavy atom. The molecule has 0 unspecified atom stereocenters. The van der Waals surface area contributed by atoms with Crippen molar-refractivity contribution in [3.63, 3.8) is 0 Å². The molecular formula is C15H26N4S. The second-order valence-corrected chi connectivity index (χ2v) is 6.14. The first-order valence-electron chi connectivity index (χ1n) is 7.68. The van der Waals surface area contributed by atoms with Crippen molar-refractivity contribution < 1.29 is 0 Å². The van der Waals surface area contributed by atoms with Crippen LogP contribution < -0.4 is 10.2 Å². The summed E-state index contributed by atoms with van der Waals surface area (Å²) in [6.45, 7) is 7.67. The van der Waals surface area contributed by atoms with Crippen LogP contribution in [0.1, 0.15) is 39.5 Å². The Morgan fingerprint density at radius 3 is 2.65 bits per heavy atom. The summed E-state index contributed by atoms with van der Waals surface area (Å²) in [4.78, 5) is 11.6. The first kappa shape index (κ1) is 15.4. The highest BCUT2D eigenvalue weighted by Crippen LogP contribution is 2.26. The largest absolute Gasteiger partial charge is 0.370 e. The Kier molecular flexibility index (Phi) is 5.95. The summed E-state index contributed by atoms with van der Waals surface area (Å²) < 4.78 is 0. The lowest BCUT2D eigenvalue weighted by Gasteiger charge is -2.32. The van der Waals surface area contributed by atoms with Gasteiger partial charge in [0.1, 0.15) is 11.6 Å². The molecule has 0 atom stereocenters. The topological polar surface area (TPSA) is 41.0 Å². The van der Waals surface area contributed by atoms with Gasteiger partial charge in [0, 0.05) is 25.7 Å². The van der Waals surface area contributed by atoms with Crippen molar-refractivity contribution in [1.29, 1.82) is 0 Å². The Labute approximate surface area is 126 Å². The molecule has 0 bridgehead atoms. The highest BCUT2D eigenvalue weighted by atomic mass is 32.2. The number of anilines is 2. The highest BCUT2D eigenvalue weighted by molar-refractivity contribution is 7.98. The fourth-order valence-electron chi connectivity index (χ4n) is 2.58. The quantitative estimate of drug-likeness (QED) is 0.640. The molecule has 20 heavy (non-hydrogen) atoms. The molecule has 0 spiro atoms. The Hall–Kier alpha value is -0.970. The summed E-state index contributed by atoms with van der Waals surface area (Å²) in [6, 6.07) is 2.10. The van der Waals surface area contributed by atoms with E-state index >= 15 is 0 Å². The molecule has 0 radical (unpaired) electrons. The molecule has 2 heterocycles. The average Bonchev–Trinajstić information content (AvgIpc) is 2.52. The van der Waals surface area contributed by atoms with E-state index in [1.54, 1.807) is 11.8 Å². The van der Waals surface area contributed by atoms with Crippen LogP contribution in [0.25, 0.3) is 0 Å². The normalized spacial score (nSPS) is 16.4. The van der Waals surface area contributed by atoms with E-state index in [4.69, 9.17) is 0 Å². The van der Waals surface area contributed by atoms with Gasteiger partial charge in [0.2, 0.25) is 0 Å². The predicted molar refractivity (Wildman–Crippen MR) is 87.8 cm³/mol. The number of aromatic nitrogens is 2. The minimum atomic E-state index is 0.860.